The number of esters is 1. The van der Waals surface area contributed by atoms with E-state index in [4.69, 9.17) is 22.8 Å². The molecule has 55 heavy (non-hydrogen) atoms. The molecule has 0 radical (unpaired) electrons. The van der Waals surface area contributed by atoms with Gasteiger partial charge in [0.05, 0.1) is 37.1 Å². The average molecular weight is 832 g/mol. The number of nitrogens with zero attached hydrogens (tertiary/aromatic N) is 3. The van der Waals surface area contributed by atoms with Crippen molar-refractivity contribution >= 4 is 42.7 Å². The van der Waals surface area contributed by atoms with E-state index in [0.717, 1.165) is 16.0 Å². The first-order chi connectivity index (χ1) is 25.1. The number of azide groups is 1. The summed E-state index contributed by atoms with van der Waals surface area (Å²) in [6.07, 6.45) is -3.61. The molecule has 6 atom stereocenters. The van der Waals surface area contributed by atoms with Crippen molar-refractivity contribution in [3.05, 3.63) is 76.2 Å². The van der Waals surface area contributed by atoms with Gasteiger partial charge in [-0.2, -0.15) is 0 Å². The second kappa shape index (κ2) is 17.9. The summed E-state index contributed by atoms with van der Waals surface area (Å²) in [6.45, 7) is 33.8. The number of rotatable bonds is 15. The van der Waals surface area contributed by atoms with Crippen LogP contribution in [0.15, 0.2) is 64.6 Å². The molecule has 1 saturated heterocycles. The van der Waals surface area contributed by atoms with Crippen molar-refractivity contribution in [2.24, 2.45) is 5.11 Å². The van der Waals surface area contributed by atoms with Crippen molar-refractivity contribution in [2.75, 3.05) is 6.61 Å². The largest absolute Gasteiger partial charge is 0.458 e. The molecule has 1 fully saturated rings. The monoisotopic (exact) mass is 831 g/mol. The highest BCUT2D eigenvalue weighted by atomic mass is 32.2. The molecule has 0 bridgehead atoms. The highest BCUT2D eigenvalue weighted by molar-refractivity contribution is 8.01. The molecule has 2 aromatic rings. The molecule has 10 nitrogen and oxygen atoms in total. The molecule has 1 heterocycles. The Balaban J connectivity index is 2.39. The molecule has 0 saturated carbocycles. The second-order valence-electron chi connectivity index (χ2n) is 19.6. The molecule has 3 rings (SSSR count). The number of aliphatic hydroxyl groups excluding tert-OH is 1. The lowest BCUT2D eigenvalue weighted by Gasteiger charge is -2.53. The molecule has 0 aliphatic carbocycles. The maximum atomic E-state index is 14.9. The third-order valence-electron chi connectivity index (χ3n) is 12.1. The minimum Gasteiger partial charge on any atom is -0.458 e. The van der Waals surface area contributed by atoms with Gasteiger partial charge >= 0.3 is 5.97 Å². The number of aryl methyl sites for hydroxylation is 1. The Morgan fingerprint density at radius 3 is 1.91 bits per heavy atom. The summed E-state index contributed by atoms with van der Waals surface area (Å²) in [5.41, 5.74) is 12.1. The van der Waals surface area contributed by atoms with Gasteiger partial charge in [-0.1, -0.05) is 127 Å². The Morgan fingerprint density at radius 1 is 0.891 bits per heavy atom. The molecular formula is C41H69N3O7SSi3. The summed E-state index contributed by atoms with van der Waals surface area (Å²) in [5.74, 6) is -0.577. The van der Waals surface area contributed by atoms with Crippen molar-refractivity contribution in [3.8, 4) is 0 Å². The lowest BCUT2D eigenvalue weighted by molar-refractivity contribution is -0.201. The van der Waals surface area contributed by atoms with Crippen LogP contribution in [-0.2, 0) is 34.2 Å². The highest BCUT2D eigenvalue weighted by Crippen LogP contribution is 2.50. The molecule has 0 unspecified atom stereocenters. The van der Waals surface area contributed by atoms with Gasteiger partial charge in [-0.15, -0.1) is 0 Å². The first-order valence-electron chi connectivity index (χ1n) is 19.4. The van der Waals surface area contributed by atoms with E-state index in [1.807, 2.05) is 61.5 Å². The van der Waals surface area contributed by atoms with Crippen molar-refractivity contribution in [3.63, 3.8) is 0 Å². The molecular weight excluding hydrogens is 763 g/mol. The molecule has 2 aromatic carbocycles. The van der Waals surface area contributed by atoms with Gasteiger partial charge in [-0.25, -0.2) is 4.79 Å². The van der Waals surface area contributed by atoms with E-state index in [2.05, 4.69) is 112 Å². The molecule has 1 N–H and O–H groups in total. The standard InChI is InChI=1S/C41H69N3O7SSi3/c1-29-22-24-31(25-23-29)52-41(37(46)47-28-30-20-18-17-19-21-30)26-32(49-53(11,12)38(2,3)4)34(43-44-42)36(48-41)35(51-55(15,16)40(8,9)10)33(27-45)50-54(13,14)39(5,6)7/h17-25,32-36,45H,26-28H2,1-16H3/t32-,33+,34+,35+,36+,41-/m0/s1. The number of benzene rings is 2. The fourth-order valence-corrected chi connectivity index (χ4v) is 10.7. The Labute approximate surface area is 338 Å². The Hall–Kier alpha value is -1.98. The predicted octanol–water partition coefficient (Wildman–Crippen LogP) is 11.2. The number of hydrogen-bond donors (Lipinski definition) is 1. The van der Waals surface area contributed by atoms with E-state index in [9.17, 15) is 15.4 Å². The van der Waals surface area contributed by atoms with Crippen LogP contribution in [0, 0.1) is 6.92 Å². The van der Waals surface area contributed by atoms with E-state index < -0.39 is 66.3 Å². The van der Waals surface area contributed by atoms with Crippen LogP contribution in [0.2, 0.25) is 54.4 Å². The first-order valence-corrected chi connectivity index (χ1v) is 29.0. The fourth-order valence-electron chi connectivity index (χ4n) is 5.57. The van der Waals surface area contributed by atoms with E-state index in [1.165, 1.54) is 11.8 Å². The lowest BCUT2D eigenvalue weighted by Crippen LogP contribution is -2.66. The van der Waals surface area contributed by atoms with Crippen LogP contribution in [0.5, 0.6) is 0 Å². The topological polar surface area (TPSA) is 132 Å². The van der Waals surface area contributed by atoms with Crippen molar-refractivity contribution in [1.29, 1.82) is 0 Å². The zero-order valence-corrected chi connectivity index (χ0v) is 40.2. The number of carbonyl (C=O) groups excluding carboxylic acids is 1. The van der Waals surface area contributed by atoms with Crippen molar-refractivity contribution < 1.29 is 32.7 Å². The maximum Gasteiger partial charge on any atom is 0.349 e. The Bertz CT molecular complexity index is 1620. The predicted molar refractivity (Wildman–Crippen MR) is 232 cm³/mol. The molecule has 1 aliphatic heterocycles. The molecule has 308 valence electrons. The summed E-state index contributed by atoms with van der Waals surface area (Å²) < 4.78 is 34.9. The molecule has 1 aliphatic rings. The van der Waals surface area contributed by atoms with Crippen LogP contribution in [0.4, 0.5) is 0 Å². The van der Waals surface area contributed by atoms with Crippen molar-refractivity contribution in [2.45, 2.75) is 177 Å². The van der Waals surface area contributed by atoms with Crippen LogP contribution in [-0.4, -0.2) is 78.0 Å². The zero-order valence-electron chi connectivity index (χ0n) is 36.4. The zero-order chi connectivity index (χ0) is 41.8. The highest BCUT2D eigenvalue weighted by Gasteiger charge is 2.60. The second-order valence-corrected chi connectivity index (χ2v) is 35.2. The van der Waals surface area contributed by atoms with Gasteiger partial charge in [0.1, 0.15) is 6.61 Å². The average Bonchev–Trinajstić information content (AvgIpc) is 3.06. The SMILES string of the molecule is Cc1ccc(S[C@]2(C(=O)OCc3ccccc3)C[C@H](O[Si](C)(C)C(C)(C)C)[C@@H](N=[N+]=[N-])[C@H]([C@H](O[Si](C)(C)C(C)(C)C)[C@@H](CO)O[Si](C)(C)C(C)(C)C)O2)cc1. The summed E-state index contributed by atoms with van der Waals surface area (Å²) in [6, 6.07) is 16.5. The third-order valence-corrected chi connectivity index (χ3v) is 26.9. The van der Waals surface area contributed by atoms with Crippen molar-refractivity contribution in [1.82, 2.24) is 0 Å². The van der Waals surface area contributed by atoms with Crippen LogP contribution in [0.3, 0.4) is 0 Å². The van der Waals surface area contributed by atoms with E-state index in [0.29, 0.717) is 0 Å². The molecule has 0 amide bonds. The van der Waals surface area contributed by atoms with Gasteiger partial charge in [0.15, 0.2) is 25.0 Å². The van der Waals surface area contributed by atoms with Crippen LogP contribution < -0.4 is 0 Å². The van der Waals surface area contributed by atoms with Gasteiger partial charge in [-0.05, 0) is 84.5 Å². The minimum atomic E-state index is -2.66. The smallest absolute Gasteiger partial charge is 0.349 e. The quantitative estimate of drug-likeness (QED) is 0.0617. The molecule has 0 spiro atoms. The third kappa shape index (κ3) is 11.8. The molecule has 14 heteroatoms. The summed E-state index contributed by atoms with van der Waals surface area (Å²) >= 11 is 1.27. The van der Waals surface area contributed by atoms with Gasteiger partial charge < -0.3 is 27.9 Å². The normalized spacial score (nSPS) is 22.7. The van der Waals surface area contributed by atoms with Gasteiger partial charge in [-0.3, -0.25) is 0 Å². The number of hydrogen-bond acceptors (Lipinski definition) is 9. The van der Waals surface area contributed by atoms with Crippen LogP contribution >= 0.6 is 11.8 Å². The lowest BCUT2D eigenvalue weighted by atomic mass is 9.90. The maximum absolute atomic E-state index is 14.9. The number of thioether (sulfide) groups is 1. The van der Waals surface area contributed by atoms with E-state index >= 15 is 0 Å². The van der Waals surface area contributed by atoms with E-state index in [-0.39, 0.29) is 34.7 Å². The summed E-state index contributed by atoms with van der Waals surface area (Å²) in [4.78, 5) is 17.4. The first kappa shape index (κ1) is 47.4. The Morgan fingerprint density at radius 2 is 1.42 bits per heavy atom. The van der Waals surface area contributed by atoms with E-state index in [1.54, 1.807) is 0 Å². The van der Waals surface area contributed by atoms with Gasteiger partial charge in [0.25, 0.3) is 0 Å². The van der Waals surface area contributed by atoms with Crippen LogP contribution in [0.25, 0.3) is 10.4 Å². The summed E-state index contributed by atoms with van der Waals surface area (Å²) in [7, 11) is -7.78. The minimum absolute atomic E-state index is 0.0368. The van der Waals surface area contributed by atoms with Crippen LogP contribution in [0.1, 0.15) is 79.9 Å². The molecule has 0 aromatic heterocycles. The van der Waals surface area contributed by atoms with Gasteiger partial charge in [0, 0.05) is 16.2 Å². The fraction of sp³-hybridized carbons (Fsp3) is 0.683. The Kier molecular flexibility index (Phi) is 15.4. The van der Waals surface area contributed by atoms with Gasteiger partial charge in [0.2, 0.25) is 4.93 Å². The summed E-state index contributed by atoms with van der Waals surface area (Å²) in [5, 5.41) is 15.1. The number of ether oxygens (including phenoxy) is 2. The number of aliphatic hydroxyl groups is 1. The number of carbonyl (C=O) groups is 1.